The van der Waals surface area contributed by atoms with E-state index in [0.717, 1.165) is 6.42 Å². The maximum atomic E-state index is 13.3. The van der Waals surface area contributed by atoms with E-state index in [0.29, 0.717) is 23.3 Å². The molecule has 0 aliphatic carbocycles. The lowest BCUT2D eigenvalue weighted by Gasteiger charge is -2.37. The third kappa shape index (κ3) is 4.31. The van der Waals surface area contributed by atoms with Gasteiger partial charge in [-0.1, -0.05) is 20.3 Å². The molecule has 1 aromatic carbocycles. The van der Waals surface area contributed by atoms with Crippen molar-refractivity contribution in [2.75, 3.05) is 0 Å². The van der Waals surface area contributed by atoms with Crippen molar-refractivity contribution < 1.29 is 33.7 Å². The summed E-state index contributed by atoms with van der Waals surface area (Å²) in [5.41, 5.74) is 0.554. The molecule has 2 aliphatic rings. The number of ketones is 1. The van der Waals surface area contributed by atoms with E-state index in [4.69, 9.17) is 14.2 Å². The van der Waals surface area contributed by atoms with Crippen LogP contribution in [-0.2, 0) is 9.59 Å². The first-order chi connectivity index (χ1) is 14.5. The molecular formula is C24H30O7. The number of ether oxygens (including phenoxy) is 3. The van der Waals surface area contributed by atoms with Crippen molar-refractivity contribution in [1.29, 1.82) is 0 Å². The van der Waals surface area contributed by atoms with Gasteiger partial charge in [-0.2, -0.15) is 0 Å². The average Bonchev–Trinajstić information content (AvgIpc) is 2.64. The highest BCUT2D eigenvalue weighted by molar-refractivity contribution is 6.07. The third-order valence-corrected chi connectivity index (χ3v) is 5.83. The normalized spacial score (nSPS) is 21.9. The van der Waals surface area contributed by atoms with Gasteiger partial charge in [0.1, 0.15) is 28.8 Å². The number of hydrogen-bond donors (Lipinski definition) is 1. The van der Waals surface area contributed by atoms with Crippen LogP contribution in [0.1, 0.15) is 88.2 Å². The molecule has 7 nitrogen and oxygen atoms in total. The van der Waals surface area contributed by atoms with Gasteiger partial charge >= 0.3 is 11.9 Å². The molecule has 2 heterocycles. The Hall–Kier alpha value is -2.83. The van der Waals surface area contributed by atoms with Crippen molar-refractivity contribution in [3.05, 3.63) is 22.8 Å². The van der Waals surface area contributed by atoms with E-state index >= 15 is 0 Å². The van der Waals surface area contributed by atoms with Crippen molar-refractivity contribution in [2.24, 2.45) is 5.92 Å². The number of Topliss-reactive ketones (excluding diaryl/α,β-unsaturated/α-hetero) is 1. The second-order valence-corrected chi connectivity index (χ2v) is 8.88. The minimum atomic E-state index is -0.945. The minimum Gasteiger partial charge on any atom is -0.489 e. The Morgan fingerprint density at radius 1 is 1.26 bits per heavy atom. The fourth-order valence-electron chi connectivity index (χ4n) is 4.17. The van der Waals surface area contributed by atoms with Gasteiger partial charge in [0, 0.05) is 18.4 Å². The van der Waals surface area contributed by atoms with Crippen LogP contribution in [0.2, 0.25) is 0 Å². The number of hydrogen-bond acceptors (Lipinski definition) is 6. The van der Waals surface area contributed by atoms with Crippen molar-refractivity contribution in [2.45, 2.75) is 78.4 Å². The topological polar surface area (TPSA) is 99.1 Å². The summed E-state index contributed by atoms with van der Waals surface area (Å²) in [5.74, 6) is -1.77. The van der Waals surface area contributed by atoms with E-state index in [1.807, 2.05) is 26.8 Å². The molecule has 0 bridgehead atoms. The molecule has 7 heteroatoms. The lowest BCUT2D eigenvalue weighted by molar-refractivity contribution is -0.137. The molecule has 0 aromatic heterocycles. The second kappa shape index (κ2) is 8.36. The highest BCUT2D eigenvalue weighted by Crippen LogP contribution is 2.54. The monoisotopic (exact) mass is 430 g/mol. The predicted octanol–water partition coefficient (Wildman–Crippen LogP) is 4.75. The summed E-state index contributed by atoms with van der Waals surface area (Å²) in [6, 6.07) is 0. The van der Waals surface area contributed by atoms with Crippen molar-refractivity contribution in [1.82, 2.24) is 0 Å². The Labute approximate surface area is 182 Å². The highest BCUT2D eigenvalue weighted by atomic mass is 16.5. The van der Waals surface area contributed by atoms with Crippen molar-refractivity contribution in [3.63, 3.8) is 0 Å². The molecule has 0 unspecified atom stereocenters. The Morgan fingerprint density at radius 3 is 2.52 bits per heavy atom. The van der Waals surface area contributed by atoms with Gasteiger partial charge in [-0.3, -0.25) is 14.4 Å². The number of carbonyl (C=O) groups excluding carboxylic acids is 2. The zero-order chi connectivity index (χ0) is 23.1. The number of rotatable bonds is 6. The number of aliphatic carboxylic acids is 1. The van der Waals surface area contributed by atoms with Gasteiger partial charge in [0.05, 0.1) is 17.9 Å². The molecule has 0 saturated carbocycles. The van der Waals surface area contributed by atoms with Crippen LogP contribution in [0, 0.1) is 5.92 Å². The summed E-state index contributed by atoms with van der Waals surface area (Å²) in [4.78, 5) is 36.9. The Kier molecular flexibility index (Phi) is 6.16. The number of carboxylic acid groups (broad SMARTS) is 1. The number of carboxylic acids is 1. The van der Waals surface area contributed by atoms with Gasteiger partial charge in [-0.15, -0.1) is 0 Å². The van der Waals surface area contributed by atoms with Crippen molar-refractivity contribution >= 4 is 23.8 Å². The first kappa shape index (κ1) is 22.8. The van der Waals surface area contributed by atoms with E-state index in [9.17, 15) is 19.5 Å². The highest BCUT2D eigenvalue weighted by Gasteiger charge is 2.42. The molecule has 168 valence electrons. The lowest BCUT2D eigenvalue weighted by Crippen LogP contribution is -2.36. The quantitative estimate of drug-likeness (QED) is 0.513. The van der Waals surface area contributed by atoms with Crippen LogP contribution in [0.3, 0.4) is 0 Å². The zero-order valence-corrected chi connectivity index (χ0v) is 18.9. The van der Waals surface area contributed by atoms with Crippen LogP contribution in [0.5, 0.6) is 17.2 Å². The Morgan fingerprint density at radius 2 is 1.94 bits per heavy atom. The smallest absolute Gasteiger partial charge is 0.308 e. The molecule has 0 saturated heterocycles. The first-order valence-electron chi connectivity index (χ1n) is 10.7. The van der Waals surface area contributed by atoms with E-state index in [-0.39, 0.29) is 29.3 Å². The Balaban J connectivity index is 2.41. The van der Waals surface area contributed by atoms with Crippen molar-refractivity contribution in [3.8, 4) is 17.2 Å². The standard InChI is InChI=1S/C24H30O7/c1-7-8-15(11-17(26)27)18-22-16(9-10-24(5,6)31-22)21(30-14(4)25)19-20(28)12(2)13(3)29-23(18)19/h9-10,12-13,15H,7-8,11H2,1-6H3,(H,26,27)/t12-,13+,15+/m1/s1. The third-order valence-electron chi connectivity index (χ3n) is 5.83. The molecule has 31 heavy (non-hydrogen) atoms. The van der Waals surface area contributed by atoms with Gasteiger partial charge in [-0.05, 0) is 39.3 Å². The maximum absolute atomic E-state index is 13.3. The van der Waals surface area contributed by atoms with Gasteiger partial charge in [-0.25, -0.2) is 0 Å². The largest absolute Gasteiger partial charge is 0.489 e. The number of benzene rings is 1. The van der Waals surface area contributed by atoms with Gasteiger partial charge < -0.3 is 19.3 Å². The van der Waals surface area contributed by atoms with Crippen LogP contribution in [0.15, 0.2) is 6.08 Å². The Bertz CT molecular complexity index is 957. The summed E-state index contributed by atoms with van der Waals surface area (Å²) >= 11 is 0. The van der Waals surface area contributed by atoms with Crippen LogP contribution in [0.25, 0.3) is 6.08 Å². The average molecular weight is 430 g/mol. The molecule has 0 radical (unpaired) electrons. The lowest BCUT2D eigenvalue weighted by atomic mass is 9.81. The molecule has 3 rings (SSSR count). The molecule has 0 fully saturated rings. The summed E-state index contributed by atoms with van der Waals surface area (Å²) in [6.45, 7) is 10.6. The summed E-state index contributed by atoms with van der Waals surface area (Å²) in [7, 11) is 0. The SMILES string of the molecule is CCC[C@@H](CC(=O)O)c1c2c(c(OC(C)=O)c3c1O[C@@H](C)[C@@H](C)C3=O)C=CC(C)(C)O2. The van der Waals surface area contributed by atoms with Crippen LogP contribution in [-0.4, -0.2) is 34.5 Å². The molecule has 1 N–H and O–H groups in total. The number of carbonyl (C=O) groups is 3. The van der Waals surface area contributed by atoms with Gasteiger partial charge in [0.25, 0.3) is 0 Å². The van der Waals surface area contributed by atoms with Crippen LogP contribution < -0.4 is 14.2 Å². The van der Waals surface area contributed by atoms with Gasteiger partial charge in [0.15, 0.2) is 11.5 Å². The minimum absolute atomic E-state index is 0.113. The number of esters is 1. The van der Waals surface area contributed by atoms with Crippen LogP contribution in [0.4, 0.5) is 0 Å². The fraction of sp³-hybridized carbons (Fsp3) is 0.542. The fourth-order valence-corrected chi connectivity index (χ4v) is 4.17. The first-order valence-corrected chi connectivity index (χ1v) is 10.7. The maximum Gasteiger partial charge on any atom is 0.308 e. The van der Waals surface area contributed by atoms with E-state index in [1.54, 1.807) is 19.9 Å². The van der Waals surface area contributed by atoms with E-state index in [1.165, 1.54) is 6.92 Å². The van der Waals surface area contributed by atoms with E-state index in [2.05, 4.69) is 0 Å². The summed E-state index contributed by atoms with van der Waals surface area (Å²) < 4.78 is 18.0. The molecule has 0 amide bonds. The molecular weight excluding hydrogens is 400 g/mol. The second-order valence-electron chi connectivity index (χ2n) is 8.88. The summed E-state index contributed by atoms with van der Waals surface area (Å²) in [6.07, 6.45) is 4.38. The van der Waals surface area contributed by atoms with E-state index < -0.39 is 35.5 Å². The molecule has 2 aliphatic heterocycles. The van der Waals surface area contributed by atoms with Gasteiger partial charge in [0.2, 0.25) is 0 Å². The summed E-state index contributed by atoms with van der Waals surface area (Å²) in [5, 5.41) is 9.57. The number of fused-ring (bicyclic) bond motifs is 2. The predicted molar refractivity (Wildman–Crippen MR) is 115 cm³/mol. The zero-order valence-electron chi connectivity index (χ0n) is 18.9. The molecule has 0 spiro atoms. The molecule has 1 aromatic rings. The molecule has 3 atom stereocenters. The van der Waals surface area contributed by atoms with Crippen LogP contribution >= 0.6 is 0 Å².